The predicted molar refractivity (Wildman–Crippen MR) is 81.7 cm³/mol. The minimum Gasteiger partial charge on any atom is -0.487 e. The van der Waals surface area contributed by atoms with E-state index in [1.165, 1.54) is 11.3 Å². The zero-order chi connectivity index (χ0) is 15.5. The van der Waals surface area contributed by atoms with E-state index < -0.39 is 0 Å². The molecule has 6 nitrogen and oxygen atoms in total. The lowest BCUT2D eigenvalue weighted by molar-refractivity contribution is -0.304. The first-order valence-electron chi connectivity index (χ1n) is 6.53. The van der Waals surface area contributed by atoms with Crippen molar-refractivity contribution in [3.63, 3.8) is 0 Å². The van der Waals surface area contributed by atoms with Crippen molar-refractivity contribution in [2.24, 2.45) is 5.73 Å². The van der Waals surface area contributed by atoms with E-state index in [-0.39, 0.29) is 5.82 Å². The molecule has 3 N–H and O–H groups in total. The van der Waals surface area contributed by atoms with Gasteiger partial charge >= 0.3 is 0 Å². The van der Waals surface area contributed by atoms with Crippen LogP contribution in [-0.2, 0) is 11.5 Å². The lowest BCUT2D eigenvalue weighted by atomic mass is 10.2. The molecule has 0 atom stereocenters. The van der Waals surface area contributed by atoms with Crippen LogP contribution in [0.4, 0.5) is 5.69 Å². The molecule has 3 rings (SSSR count). The summed E-state index contributed by atoms with van der Waals surface area (Å²) in [6, 6.07) is 14.9. The molecule has 0 radical (unpaired) electrons. The summed E-state index contributed by atoms with van der Waals surface area (Å²) in [7, 11) is 0. The van der Waals surface area contributed by atoms with Crippen LogP contribution in [-0.4, -0.2) is 10.4 Å². The minimum atomic E-state index is 0.0699. The summed E-state index contributed by atoms with van der Waals surface area (Å²) in [5, 5.41) is 11.5. The van der Waals surface area contributed by atoms with E-state index in [9.17, 15) is 5.21 Å². The topological polar surface area (TPSA) is 71.2 Å². The molecule has 0 bridgehead atoms. The van der Waals surface area contributed by atoms with Crippen molar-refractivity contribution >= 4 is 17.3 Å². The monoisotopic (exact) mass is 319 g/mol. The largest absolute Gasteiger partial charge is 0.487 e. The number of hydrogen-bond acceptors (Lipinski definition) is 6. The molecule has 0 aromatic heterocycles. The van der Waals surface area contributed by atoms with Gasteiger partial charge in [-0.2, -0.15) is 5.06 Å². The van der Waals surface area contributed by atoms with Crippen LogP contribution in [0, 0.1) is 0 Å². The number of hydrogen-bond donors (Lipinski definition) is 2. The van der Waals surface area contributed by atoms with Gasteiger partial charge in [-0.05, 0) is 23.8 Å². The molecule has 1 aliphatic heterocycles. The highest BCUT2D eigenvalue weighted by molar-refractivity contribution is 6.32. The average molecular weight is 320 g/mol. The van der Waals surface area contributed by atoms with Crippen molar-refractivity contribution < 1.29 is 14.9 Å². The summed E-state index contributed by atoms with van der Waals surface area (Å²) >= 11 is 6.21. The third kappa shape index (κ3) is 3.09. The summed E-state index contributed by atoms with van der Waals surface area (Å²) in [6.07, 6.45) is 1.43. The SMILES string of the molecule is NC1=CN(c2ccc(OCc3ccccc3)c(Cl)c2)ON1O. The zero-order valence-corrected chi connectivity index (χ0v) is 12.3. The first-order valence-corrected chi connectivity index (χ1v) is 6.91. The van der Waals surface area contributed by atoms with Crippen LogP contribution < -0.4 is 15.5 Å². The predicted octanol–water partition coefficient (Wildman–Crippen LogP) is 3.03. The third-order valence-electron chi connectivity index (χ3n) is 3.04. The van der Waals surface area contributed by atoms with Gasteiger partial charge in [0, 0.05) is 0 Å². The number of rotatable bonds is 4. The Balaban J connectivity index is 1.70. The van der Waals surface area contributed by atoms with E-state index >= 15 is 0 Å². The molecule has 0 fully saturated rings. The van der Waals surface area contributed by atoms with E-state index in [1.807, 2.05) is 30.3 Å². The van der Waals surface area contributed by atoms with Gasteiger partial charge in [-0.3, -0.25) is 5.21 Å². The second-order valence-corrected chi connectivity index (χ2v) is 5.03. The fraction of sp³-hybridized carbons (Fsp3) is 0.0667. The van der Waals surface area contributed by atoms with Crippen molar-refractivity contribution in [2.75, 3.05) is 5.06 Å². The van der Waals surface area contributed by atoms with Crippen LogP contribution in [0.2, 0.25) is 5.02 Å². The van der Waals surface area contributed by atoms with Gasteiger partial charge in [0.15, 0.2) is 5.82 Å². The molecular formula is C15H14ClN3O3. The second kappa shape index (κ2) is 6.15. The van der Waals surface area contributed by atoms with E-state index in [2.05, 4.69) is 0 Å². The van der Waals surface area contributed by atoms with Gasteiger partial charge in [0.2, 0.25) is 0 Å². The molecule has 1 heterocycles. The molecule has 2 aromatic carbocycles. The molecule has 1 aliphatic rings. The quantitative estimate of drug-likeness (QED) is 0.902. The van der Waals surface area contributed by atoms with E-state index in [0.29, 0.717) is 28.3 Å². The Morgan fingerprint density at radius 3 is 2.59 bits per heavy atom. The number of nitrogens with two attached hydrogens (primary N) is 1. The van der Waals surface area contributed by atoms with Crippen LogP contribution in [0.5, 0.6) is 5.75 Å². The molecule has 22 heavy (non-hydrogen) atoms. The number of anilines is 1. The van der Waals surface area contributed by atoms with Crippen molar-refractivity contribution in [2.45, 2.75) is 6.61 Å². The smallest absolute Gasteiger partial charge is 0.176 e. The summed E-state index contributed by atoms with van der Waals surface area (Å²) in [5.41, 5.74) is 7.16. The van der Waals surface area contributed by atoms with E-state index in [0.717, 1.165) is 5.56 Å². The van der Waals surface area contributed by atoms with Crippen molar-refractivity contribution in [1.82, 2.24) is 5.23 Å². The molecule has 7 heteroatoms. The number of hydroxylamine groups is 3. The molecule has 0 saturated carbocycles. The van der Waals surface area contributed by atoms with Gasteiger partial charge in [-0.1, -0.05) is 47.2 Å². The summed E-state index contributed by atoms with van der Waals surface area (Å²) in [4.78, 5) is 4.99. The lowest BCUT2D eigenvalue weighted by Gasteiger charge is -2.16. The lowest BCUT2D eigenvalue weighted by Crippen LogP contribution is -2.22. The molecule has 0 spiro atoms. The molecule has 0 unspecified atom stereocenters. The normalized spacial score (nSPS) is 14.2. The first-order chi connectivity index (χ1) is 10.6. The molecule has 0 aliphatic carbocycles. The summed E-state index contributed by atoms with van der Waals surface area (Å²) < 4.78 is 5.69. The first kappa shape index (κ1) is 14.5. The molecule has 2 aromatic rings. The number of halogens is 1. The Kier molecular flexibility index (Phi) is 4.06. The maximum absolute atomic E-state index is 9.28. The number of ether oxygens (including phenoxy) is 1. The Hall–Kier alpha value is -2.41. The van der Waals surface area contributed by atoms with Gasteiger partial charge in [0.05, 0.1) is 16.9 Å². The van der Waals surface area contributed by atoms with Crippen LogP contribution in [0.1, 0.15) is 5.56 Å². The average Bonchev–Trinajstić information content (AvgIpc) is 2.86. The Morgan fingerprint density at radius 2 is 1.95 bits per heavy atom. The zero-order valence-electron chi connectivity index (χ0n) is 11.5. The molecule has 0 amide bonds. The van der Waals surface area contributed by atoms with Gasteiger partial charge in [-0.15, -0.1) is 4.94 Å². The maximum atomic E-state index is 9.28. The fourth-order valence-corrected chi connectivity index (χ4v) is 2.15. The minimum absolute atomic E-state index is 0.0699. The van der Waals surface area contributed by atoms with Crippen LogP contribution >= 0.6 is 11.6 Å². The van der Waals surface area contributed by atoms with Crippen LogP contribution in [0.25, 0.3) is 0 Å². The molecule has 0 saturated heterocycles. The van der Waals surface area contributed by atoms with Gasteiger partial charge in [0.25, 0.3) is 0 Å². The Morgan fingerprint density at radius 1 is 1.18 bits per heavy atom. The summed E-state index contributed by atoms with van der Waals surface area (Å²) in [5.74, 6) is 0.631. The van der Waals surface area contributed by atoms with Crippen LogP contribution in [0.3, 0.4) is 0 Å². The third-order valence-corrected chi connectivity index (χ3v) is 3.34. The highest BCUT2D eigenvalue weighted by atomic mass is 35.5. The van der Waals surface area contributed by atoms with Crippen LogP contribution in [0.15, 0.2) is 60.6 Å². The van der Waals surface area contributed by atoms with Gasteiger partial charge in [0.1, 0.15) is 12.4 Å². The Bertz CT molecular complexity index is 694. The fourth-order valence-electron chi connectivity index (χ4n) is 1.92. The van der Waals surface area contributed by atoms with Crippen molar-refractivity contribution in [1.29, 1.82) is 0 Å². The van der Waals surface area contributed by atoms with Gasteiger partial charge in [-0.25, -0.2) is 0 Å². The van der Waals surface area contributed by atoms with E-state index in [4.69, 9.17) is 27.0 Å². The molecular weight excluding hydrogens is 306 g/mol. The van der Waals surface area contributed by atoms with Gasteiger partial charge < -0.3 is 10.5 Å². The molecule has 114 valence electrons. The van der Waals surface area contributed by atoms with Crippen molar-refractivity contribution in [3.8, 4) is 5.75 Å². The second-order valence-electron chi connectivity index (χ2n) is 4.62. The standard InChI is InChI=1S/C15H14ClN3O3/c16-13-8-12(18-9-15(17)19(20)22-18)6-7-14(13)21-10-11-4-2-1-3-5-11/h1-9,20H,10,17H2. The number of benzene rings is 2. The van der Waals surface area contributed by atoms with E-state index in [1.54, 1.807) is 18.2 Å². The Labute approximate surface area is 132 Å². The summed E-state index contributed by atoms with van der Waals surface area (Å²) in [6.45, 7) is 0.428. The highest BCUT2D eigenvalue weighted by Crippen LogP contribution is 2.31. The maximum Gasteiger partial charge on any atom is 0.176 e. The number of nitrogens with zero attached hydrogens (tertiary/aromatic N) is 2. The van der Waals surface area contributed by atoms with Crippen molar-refractivity contribution in [3.05, 3.63) is 71.1 Å². The highest BCUT2D eigenvalue weighted by Gasteiger charge is 2.20.